The molecule has 2 heterocycles. The van der Waals surface area contributed by atoms with Gasteiger partial charge in [0.15, 0.2) is 5.78 Å². The van der Waals surface area contributed by atoms with Crippen molar-refractivity contribution in [1.29, 1.82) is 0 Å². The predicted octanol–water partition coefficient (Wildman–Crippen LogP) is 6.10. The van der Waals surface area contributed by atoms with Crippen molar-refractivity contribution >= 4 is 105 Å². The molecule has 1 aliphatic rings. The van der Waals surface area contributed by atoms with Crippen molar-refractivity contribution < 1.29 is 86.8 Å². The number of H-pyrrole nitrogens is 1. The number of carbonyl (C=O) groups is 14. The molecule has 0 bridgehead atoms. The summed E-state index contributed by atoms with van der Waals surface area (Å²) in [4.78, 5) is 201. The molecule has 7 rings (SSSR count). The molecule has 0 unspecified atom stereocenters. The van der Waals surface area contributed by atoms with Crippen LogP contribution in [0.2, 0.25) is 0 Å². The number of benzene rings is 5. The van der Waals surface area contributed by atoms with Crippen molar-refractivity contribution in [2.24, 2.45) is 29.2 Å². The minimum absolute atomic E-state index is 0.0380. The van der Waals surface area contributed by atoms with Crippen molar-refractivity contribution in [3.63, 3.8) is 0 Å². The number of aliphatic carboxylic acids is 1. The van der Waals surface area contributed by atoms with E-state index in [1.54, 1.807) is 119 Å². The lowest BCUT2D eigenvalue weighted by atomic mass is 9.94. The standard InChI is InChI=1S/C94H126N14O18S/c1-11-59(7)81(107-92(122)82(60(8)12-2)106-85(115)70(96)47-63-38-40-68(109)41-39-63)91(121)100-72(36-21-22-43-95)86(116)98-52-78(110)105-80(56(3)4)90(120)102-73(48-62-28-15-13-16-29-62)87(117)101-74(49-67-51-97-71-35-20-19-34-69(67)71)88(118)103-75(50-79(111)112)93(123)108-44-25-37-77(108)89(119)99-61(9)84(114)104-76(94(124)125-10)55-127-45-42-57(5)26-23-27-58(6)53-126-54-64-30-24-33-66(46-64)83(113)65-31-17-14-18-32-65/h13-20,24,27-35,38-42,46,51,56,59-61,70,72-77,80-82,97,109H,11-12,21-23,25-26,36-37,43-45,47-50,52-55,95-96H2,1-10H3,(H,98,116)(H,99,119)(H,100,121)(H,101,117)(H,102,120)(H,103,118)(H,104,114)(H,105,110)(H,106,115)(H,107,122)(H,111,112)/b57-42-,58-27+/t59-,60-,61-,70-,72-,73-,74-,75-,76-,77-,80-,81-,82-/m0/s1. The molecule has 11 amide bonds. The molecule has 0 radical (unpaired) electrons. The fourth-order valence-corrected chi connectivity index (χ4v) is 15.4. The largest absolute Gasteiger partial charge is 0.508 e. The highest BCUT2D eigenvalue weighted by molar-refractivity contribution is 7.99. The Morgan fingerprint density at radius 3 is 1.83 bits per heavy atom. The van der Waals surface area contributed by atoms with E-state index in [4.69, 9.17) is 20.9 Å². The van der Waals surface area contributed by atoms with Crippen molar-refractivity contribution in [2.75, 3.05) is 44.9 Å². The maximum Gasteiger partial charge on any atom is 0.329 e. The Balaban J connectivity index is 0.973. The molecule has 33 heteroatoms. The van der Waals surface area contributed by atoms with Crippen LogP contribution in [0.15, 0.2) is 163 Å². The number of aromatic nitrogens is 1. The van der Waals surface area contributed by atoms with Gasteiger partial charge in [0.25, 0.3) is 0 Å². The second-order valence-electron chi connectivity index (χ2n) is 32.7. The number of nitrogens with one attached hydrogen (secondary N) is 11. The number of nitrogens with zero attached hydrogens (tertiary/aromatic N) is 1. The van der Waals surface area contributed by atoms with E-state index in [0.717, 1.165) is 34.5 Å². The summed E-state index contributed by atoms with van der Waals surface area (Å²) < 4.78 is 11.0. The fraction of sp³-hybridized carbons (Fsp3) is 0.468. The molecule has 1 fully saturated rings. The summed E-state index contributed by atoms with van der Waals surface area (Å²) in [7, 11) is 1.18. The van der Waals surface area contributed by atoms with Crippen LogP contribution < -0.4 is 64.6 Å². The number of allylic oxidation sites excluding steroid dienone is 2. The monoisotopic (exact) mass is 1770 g/mol. The SMILES string of the molecule is CC[C@H](C)[C@H](NC(=O)[C@@H](NC(=O)[C@@H](N)Cc1ccc(O)cc1)[C@@H](C)CC)C(=O)N[C@@H](CCCCN)C(=O)NCC(=O)N[C@H](C(=O)N[C@@H](Cc1ccccc1)C(=O)N[C@@H](Cc1c[nH]c2ccccc12)C(=O)N[C@@H](CC(=O)O)C(=O)N1CCC[C@H]1C(=O)N[C@@H](C)C(=O)N[C@@H](CSC/C=C(/C)CC/C=C(\C)COCc1cccc(C(=O)c2ccccc2)c1)C(=O)OC)C(C)C. The normalized spacial score (nSPS) is 15.6. The molecule has 5 aromatic carbocycles. The summed E-state index contributed by atoms with van der Waals surface area (Å²) in [6.07, 6.45) is 8.02. The molecule has 0 saturated carbocycles. The number of aromatic hydroxyl groups is 1. The first-order valence-electron chi connectivity index (χ1n) is 43.3. The quantitative estimate of drug-likeness (QED) is 0.00887. The van der Waals surface area contributed by atoms with E-state index in [2.05, 4.69) is 64.2 Å². The van der Waals surface area contributed by atoms with Gasteiger partial charge in [-0.3, -0.25) is 62.3 Å². The van der Waals surface area contributed by atoms with E-state index in [-0.39, 0.29) is 68.9 Å². The third-order valence-corrected chi connectivity index (χ3v) is 23.3. The van der Waals surface area contributed by atoms with Gasteiger partial charge in [-0.1, -0.05) is 187 Å². The third kappa shape index (κ3) is 32.7. The molecule has 1 aromatic heterocycles. The summed E-state index contributed by atoms with van der Waals surface area (Å²) in [5.74, 6) is -12.1. The Labute approximate surface area is 746 Å². The van der Waals surface area contributed by atoms with Gasteiger partial charge in [0, 0.05) is 59.1 Å². The molecule has 32 nitrogen and oxygen atoms in total. The number of ketones is 1. The number of carboxylic acids is 1. The minimum Gasteiger partial charge on any atom is -0.508 e. The number of ether oxygens (including phenoxy) is 2. The van der Waals surface area contributed by atoms with Gasteiger partial charge in [-0.25, -0.2) is 4.79 Å². The number of nitrogens with two attached hydrogens (primary N) is 2. The first-order valence-corrected chi connectivity index (χ1v) is 44.5. The highest BCUT2D eigenvalue weighted by Gasteiger charge is 2.42. The number of phenolic OH excluding ortho intramolecular Hbond substituents is 1. The Morgan fingerprint density at radius 1 is 0.591 bits per heavy atom. The predicted molar refractivity (Wildman–Crippen MR) is 484 cm³/mol. The molecular weight excluding hydrogens is 1650 g/mol. The number of hydrogen-bond donors (Lipinski definition) is 15. The number of aromatic amines is 1. The van der Waals surface area contributed by atoms with Crippen LogP contribution in [0, 0.1) is 17.8 Å². The number of hydrogen-bond acceptors (Lipinski definition) is 20. The zero-order valence-corrected chi connectivity index (χ0v) is 74.9. The van der Waals surface area contributed by atoms with E-state index in [1.807, 2.05) is 70.2 Å². The lowest BCUT2D eigenvalue weighted by Crippen LogP contribution is -2.61. The van der Waals surface area contributed by atoms with Crippen molar-refractivity contribution in [3.05, 3.63) is 196 Å². The molecule has 127 heavy (non-hydrogen) atoms. The zero-order chi connectivity index (χ0) is 92.8. The Hall–Kier alpha value is -12.1. The number of fused-ring (bicyclic) bond motifs is 1. The van der Waals surface area contributed by atoms with E-state index in [9.17, 15) is 67.7 Å². The Bertz CT molecular complexity index is 4780. The first kappa shape index (κ1) is 102. The van der Waals surface area contributed by atoms with Crippen LogP contribution in [-0.2, 0) is 97.7 Å². The smallest absolute Gasteiger partial charge is 0.329 e. The summed E-state index contributed by atoms with van der Waals surface area (Å²) in [5.41, 5.74) is 18.8. The lowest BCUT2D eigenvalue weighted by Gasteiger charge is -2.30. The van der Waals surface area contributed by atoms with Crippen LogP contribution in [0.25, 0.3) is 10.9 Å². The maximum atomic E-state index is 15.1. The van der Waals surface area contributed by atoms with Crippen molar-refractivity contribution in [1.82, 2.24) is 63.1 Å². The molecule has 6 aromatic rings. The number of para-hydroxylation sites is 1. The number of phenols is 1. The Morgan fingerprint density at radius 2 is 1.17 bits per heavy atom. The number of amides is 11. The van der Waals surface area contributed by atoms with Gasteiger partial charge in [-0.2, -0.15) is 11.8 Å². The van der Waals surface area contributed by atoms with Gasteiger partial charge in [-0.15, -0.1) is 0 Å². The van der Waals surface area contributed by atoms with Gasteiger partial charge >= 0.3 is 11.9 Å². The van der Waals surface area contributed by atoms with Crippen molar-refractivity contribution in [2.45, 2.75) is 219 Å². The molecule has 1 saturated heterocycles. The van der Waals surface area contributed by atoms with Crippen LogP contribution in [0.5, 0.6) is 5.75 Å². The van der Waals surface area contributed by atoms with Crippen LogP contribution >= 0.6 is 11.8 Å². The van der Waals surface area contributed by atoms with Crippen LogP contribution in [-0.4, -0.2) is 214 Å². The highest BCUT2D eigenvalue weighted by atomic mass is 32.2. The topological polar surface area (TPSA) is 489 Å². The molecule has 0 spiro atoms. The van der Waals surface area contributed by atoms with Gasteiger partial charge in [0.1, 0.15) is 66.2 Å². The summed E-state index contributed by atoms with van der Waals surface area (Å²) in [5, 5.41) is 47.6. The van der Waals surface area contributed by atoms with Crippen LogP contribution in [0.3, 0.4) is 0 Å². The van der Waals surface area contributed by atoms with E-state index in [1.165, 1.54) is 37.9 Å². The molecule has 13 atom stereocenters. The number of methoxy groups -OCH3 is 1. The van der Waals surface area contributed by atoms with Gasteiger partial charge in [0.2, 0.25) is 65.0 Å². The zero-order valence-electron chi connectivity index (χ0n) is 74.1. The number of unbranched alkanes of at least 4 members (excludes halogenated alkanes) is 1. The minimum atomic E-state index is -1.83. The number of carbonyl (C=O) groups excluding carboxylic acids is 13. The van der Waals surface area contributed by atoms with Crippen LogP contribution in [0.1, 0.15) is 165 Å². The number of thioether (sulfide) groups is 1. The lowest BCUT2D eigenvalue weighted by molar-refractivity contribution is -0.146. The molecule has 686 valence electrons. The average molecular weight is 1770 g/mol. The summed E-state index contributed by atoms with van der Waals surface area (Å²) in [6, 6.07) is 23.7. The van der Waals surface area contributed by atoms with E-state index < -0.39 is 174 Å². The van der Waals surface area contributed by atoms with Crippen molar-refractivity contribution in [3.8, 4) is 5.75 Å². The molecule has 17 N–H and O–H groups in total. The molecular formula is C94H126N14O18S. The van der Waals surface area contributed by atoms with Gasteiger partial charge in [0.05, 0.1) is 39.3 Å². The third-order valence-electron chi connectivity index (χ3n) is 22.3. The highest BCUT2D eigenvalue weighted by Crippen LogP contribution is 2.25. The second kappa shape index (κ2) is 52.1. The van der Waals surface area contributed by atoms with Gasteiger partial charge in [-0.05, 0) is 143 Å². The first-order chi connectivity index (χ1) is 60.7. The number of esters is 1. The number of likely N-dealkylation sites (tertiary alicyclic amines) is 1. The molecule has 1 aliphatic heterocycles. The molecule has 0 aliphatic carbocycles. The number of rotatable bonds is 52. The summed E-state index contributed by atoms with van der Waals surface area (Å²) >= 11 is 1.37. The Kier molecular flexibility index (Phi) is 41.9. The van der Waals surface area contributed by atoms with Gasteiger partial charge < -0.3 is 94.2 Å². The average Bonchev–Trinajstić information content (AvgIpc) is 1.70. The number of carboxylic acid groups (broad SMARTS) is 1. The van der Waals surface area contributed by atoms with E-state index in [0.29, 0.717) is 83.4 Å². The summed E-state index contributed by atoms with van der Waals surface area (Å²) in [6.45, 7) is 16.0. The van der Waals surface area contributed by atoms with E-state index >= 15 is 9.59 Å². The maximum absolute atomic E-state index is 15.1. The fourth-order valence-electron chi connectivity index (χ4n) is 14.4. The van der Waals surface area contributed by atoms with Crippen LogP contribution in [0.4, 0.5) is 0 Å². The second-order valence-corrected chi connectivity index (χ2v) is 33.8.